The monoisotopic (exact) mass is 418 g/mol. The van der Waals surface area contributed by atoms with Crippen molar-refractivity contribution in [3.05, 3.63) is 88.7 Å². The fraction of sp³-hybridized carbons (Fsp3) is 0.0500. The molecule has 2 N–H and O–H groups in total. The third-order valence-electron chi connectivity index (χ3n) is 3.88. The van der Waals surface area contributed by atoms with E-state index in [1.807, 2.05) is 25.1 Å². The maximum atomic E-state index is 13.2. The maximum absolute atomic E-state index is 13.2. The summed E-state index contributed by atoms with van der Waals surface area (Å²) in [5.74, 6) is -1.02. The highest BCUT2D eigenvalue weighted by Crippen LogP contribution is 2.22. The zero-order valence-electron chi connectivity index (χ0n) is 14.7. The summed E-state index contributed by atoms with van der Waals surface area (Å²) in [6, 6.07) is 16.4. The predicted molar refractivity (Wildman–Crippen MR) is 108 cm³/mol. The summed E-state index contributed by atoms with van der Waals surface area (Å²) in [6.45, 7) is 1.92. The molecule has 0 aliphatic heterocycles. The molecule has 3 rings (SSSR count). The Morgan fingerprint density at radius 3 is 2.32 bits per heavy atom. The van der Waals surface area contributed by atoms with Crippen LogP contribution in [0.15, 0.2) is 71.6 Å². The molecule has 1 amide bonds. The molecular formula is C20H16ClFN2O3S. The van der Waals surface area contributed by atoms with E-state index < -0.39 is 15.8 Å². The van der Waals surface area contributed by atoms with Crippen molar-refractivity contribution in [1.82, 2.24) is 0 Å². The van der Waals surface area contributed by atoms with Crippen molar-refractivity contribution >= 4 is 38.9 Å². The van der Waals surface area contributed by atoms with E-state index in [-0.39, 0.29) is 21.5 Å². The Balaban J connectivity index is 1.73. The van der Waals surface area contributed by atoms with Gasteiger partial charge in [-0.25, -0.2) is 12.8 Å². The van der Waals surface area contributed by atoms with Crippen LogP contribution in [0.4, 0.5) is 15.8 Å². The number of aryl methyl sites for hydroxylation is 1. The SMILES string of the molecule is Cc1cccc(NC(=O)c2ccc(NS(=O)(=O)c3ccc(F)c(Cl)c3)cc2)c1. The fourth-order valence-corrected chi connectivity index (χ4v) is 3.80. The van der Waals surface area contributed by atoms with Crippen LogP contribution in [0.3, 0.4) is 0 Å². The number of amides is 1. The molecule has 8 heteroatoms. The lowest BCUT2D eigenvalue weighted by Crippen LogP contribution is -2.14. The van der Waals surface area contributed by atoms with Gasteiger partial charge in [0, 0.05) is 16.9 Å². The van der Waals surface area contributed by atoms with Crippen LogP contribution in [0, 0.1) is 12.7 Å². The Hall–Kier alpha value is -2.90. The highest BCUT2D eigenvalue weighted by molar-refractivity contribution is 7.92. The lowest BCUT2D eigenvalue weighted by molar-refractivity contribution is 0.102. The molecule has 3 aromatic rings. The van der Waals surface area contributed by atoms with Gasteiger partial charge in [0.2, 0.25) is 0 Å². The molecule has 144 valence electrons. The summed E-state index contributed by atoms with van der Waals surface area (Å²) in [5, 5.41) is 2.49. The molecular weight excluding hydrogens is 403 g/mol. The lowest BCUT2D eigenvalue weighted by Gasteiger charge is -2.10. The number of hydrogen-bond donors (Lipinski definition) is 2. The van der Waals surface area contributed by atoms with Crippen LogP contribution in [0.5, 0.6) is 0 Å². The van der Waals surface area contributed by atoms with E-state index >= 15 is 0 Å². The second-order valence-electron chi connectivity index (χ2n) is 6.08. The minimum absolute atomic E-state index is 0.167. The first-order chi connectivity index (χ1) is 13.2. The van der Waals surface area contributed by atoms with E-state index in [1.165, 1.54) is 24.3 Å². The van der Waals surface area contributed by atoms with Crippen LogP contribution in [0.1, 0.15) is 15.9 Å². The van der Waals surface area contributed by atoms with Gasteiger partial charge in [-0.2, -0.15) is 0 Å². The molecule has 0 saturated carbocycles. The smallest absolute Gasteiger partial charge is 0.261 e. The molecule has 0 bridgehead atoms. The molecule has 0 aliphatic carbocycles. The zero-order chi connectivity index (χ0) is 20.3. The van der Waals surface area contributed by atoms with E-state index in [0.29, 0.717) is 11.3 Å². The van der Waals surface area contributed by atoms with Crippen molar-refractivity contribution in [3.63, 3.8) is 0 Å². The zero-order valence-corrected chi connectivity index (χ0v) is 16.3. The number of carbonyl (C=O) groups is 1. The first-order valence-electron chi connectivity index (χ1n) is 8.20. The molecule has 0 saturated heterocycles. The third-order valence-corrected chi connectivity index (χ3v) is 5.55. The highest BCUT2D eigenvalue weighted by atomic mass is 35.5. The van der Waals surface area contributed by atoms with Gasteiger partial charge in [-0.3, -0.25) is 9.52 Å². The third kappa shape index (κ3) is 4.68. The minimum atomic E-state index is -3.94. The van der Waals surface area contributed by atoms with Gasteiger partial charge in [0.25, 0.3) is 15.9 Å². The van der Waals surface area contributed by atoms with Crippen LogP contribution >= 0.6 is 11.6 Å². The predicted octanol–water partition coefficient (Wildman–Crippen LogP) is 4.84. The van der Waals surface area contributed by atoms with Crippen molar-refractivity contribution in [2.75, 3.05) is 10.0 Å². The maximum Gasteiger partial charge on any atom is 0.261 e. The molecule has 5 nitrogen and oxygen atoms in total. The number of nitrogens with one attached hydrogen (secondary N) is 2. The van der Waals surface area contributed by atoms with Gasteiger partial charge >= 0.3 is 0 Å². The largest absolute Gasteiger partial charge is 0.322 e. The molecule has 0 aliphatic rings. The van der Waals surface area contributed by atoms with Gasteiger partial charge < -0.3 is 5.32 Å². The molecule has 0 heterocycles. The number of sulfonamides is 1. The van der Waals surface area contributed by atoms with Crippen molar-refractivity contribution in [3.8, 4) is 0 Å². The van der Waals surface area contributed by atoms with Crippen molar-refractivity contribution in [2.24, 2.45) is 0 Å². The first-order valence-corrected chi connectivity index (χ1v) is 10.1. The summed E-state index contributed by atoms with van der Waals surface area (Å²) >= 11 is 5.64. The molecule has 0 fully saturated rings. The molecule has 0 atom stereocenters. The molecule has 3 aromatic carbocycles. The second kappa shape index (κ2) is 8.00. The number of benzene rings is 3. The number of carbonyl (C=O) groups excluding carboxylic acids is 1. The Bertz CT molecular complexity index is 1130. The topological polar surface area (TPSA) is 75.3 Å². The summed E-state index contributed by atoms with van der Waals surface area (Å²) in [7, 11) is -3.94. The van der Waals surface area contributed by atoms with Crippen LogP contribution in [-0.2, 0) is 10.0 Å². The molecule has 0 aromatic heterocycles. The minimum Gasteiger partial charge on any atom is -0.322 e. The van der Waals surface area contributed by atoms with Crippen LogP contribution in [-0.4, -0.2) is 14.3 Å². The first kappa shape index (κ1) is 19.9. The van der Waals surface area contributed by atoms with Crippen molar-refractivity contribution in [2.45, 2.75) is 11.8 Å². The van der Waals surface area contributed by atoms with Gasteiger partial charge in [-0.05, 0) is 67.1 Å². The number of anilines is 2. The average molecular weight is 419 g/mol. The molecule has 0 radical (unpaired) electrons. The van der Waals surface area contributed by atoms with E-state index in [1.54, 1.807) is 6.07 Å². The van der Waals surface area contributed by atoms with Crippen LogP contribution < -0.4 is 10.0 Å². The molecule has 0 unspecified atom stereocenters. The number of halogens is 2. The van der Waals surface area contributed by atoms with Gasteiger partial charge in [0.05, 0.1) is 9.92 Å². The average Bonchev–Trinajstić information content (AvgIpc) is 2.64. The molecule has 28 heavy (non-hydrogen) atoms. The number of hydrogen-bond acceptors (Lipinski definition) is 3. The summed E-state index contributed by atoms with van der Waals surface area (Å²) < 4.78 is 40.4. The lowest BCUT2D eigenvalue weighted by atomic mass is 10.2. The van der Waals surface area contributed by atoms with Crippen LogP contribution in [0.25, 0.3) is 0 Å². The quantitative estimate of drug-likeness (QED) is 0.622. The molecule has 0 spiro atoms. The van der Waals surface area contributed by atoms with Gasteiger partial charge in [0.1, 0.15) is 5.82 Å². The Labute approximate surface area is 167 Å². The van der Waals surface area contributed by atoms with Gasteiger partial charge in [-0.15, -0.1) is 0 Å². The normalized spacial score (nSPS) is 11.1. The van der Waals surface area contributed by atoms with E-state index in [4.69, 9.17) is 11.6 Å². The Kier molecular flexibility index (Phi) is 5.67. The second-order valence-corrected chi connectivity index (χ2v) is 8.17. The van der Waals surface area contributed by atoms with Crippen LogP contribution in [0.2, 0.25) is 5.02 Å². The van der Waals surface area contributed by atoms with Crippen molar-refractivity contribution in [1.29, 1.82) is 0 Å². The Morgan fingerprint density at radius 2 is 1.68 bits per heavy atom. The highest BCUT2D eigenvalue weighted by Gasteiger charge is 2.16. The standard InChI is InChI=1S/C20H16ClFN2O3S/c1-13-3-2-4-16(11-13)23-20(25)14-5-7-15(8-6-14)24-28(26,27)17-9-10-19(22)18(21)12-17/h2-12,24H,1H3,(H,23,25). The summed E-state index contributed by atoms with van der Waals surface area (Å²) in [5.41, 5.74) is 2.31. The van der Waals surface area contributed by atoms with E-state index in [9.17, 15) is 17.6 Å². The van der Waals surface area contributed by atoms with Crippen molar-refractivity contribution < 1.29 is 17.6 Å². The summed E-state index contributed by atoms with van der Waals surface area (Å²) in [4.78, 5) is 12.1. The van der Waals surface area contributed by atoms with Gasteiger partial charge in [-0.1, -0.05) is 23.7 Å². The Morgan fingerprint density at radius 1 is 0.964 bits per heavy atom. The summed E-state index contributed by atoms with van der Waals surface area (Å²) in [6.07, 6.45) is 0. The fourth-order valence-electron chi connectivity index (χ4n) is 2.47. The number of rotatable bonds is 5. The van der Waals surface area contributed by atoms with E-state index in [2.05, 4.69) is 10.0 Å². The van der Waals surface area contributed by atoms with Gasteiger partial charge in [0.15, 0.2) is 0 Å². The van der Waals surface area contributed by atoms with E-state index in [0.717, 1.165) is 23.8 Å².